The SMILES string of the molecule is CC1CCC(C(=N)c2c(F)cccc2NC(=O)c2c(Cl)cccc2C(F)(F)F)CC1. The summed E-state index contributed by atoms with van der Waals surface area (Å²) in [6, 6.07) is 6.93. The molecule has 1 aliphatic rings. The van der Waals surface area contributed by atoms with Crippen LogP contribution in [0.2, 0.25) is 5.02 Å². The third kappa shape index (κ3) is 4.67. The molecule has 0 bridgehead atoms. The number of amides is 1. The van der Waals surface area contributed by atoms with Crippen LogP contribution in [0.25, 0.3) is 0 Å². The van der Waals surface area contributed by atoms with Crippen molar-refractivity contribution in [3.8, 4) is 0 Å². The van der Waals surface area contributed by atoms with Gasteiger partial charge in [-0.15, -0.1) is 0 Å². The van der Waals surface area contributed by atoms with Gasteiger partial charge < -0.3 is 10.7 Å². The molecule has 8 heteroatoms. The Morgan fingerprint density at radius 3 is 2.33 bits per heavy atom. The molecule has 2 aromatic carbocycles. The minimum absolute atomic E-state index is 0.0448. The first-order valence-electron chi connectivity index (χ1n) is 9.64. The van der Waals surface area contributed by atoms with Crippen molar-refractivity contribution in [1.29, 1.82) is 5.41 Å². The summed E-state index contributed by atoms with van der Waals surface area (Å²) in [5, 5.41) is 10.5. The Morgan fingerprint density at radius 1 is 1.07 bits per heavy atom. The third-order valence-electron chi connectivity index (χ3n) is 5.50. The maximum absolute atomic E-state index is 14.6. The zero-order valence-corrected chi connectivity index (χ0v) is 17.0. The molecule has 0 atom stereocenters. The van der Waals surface area contributed by atoms with Crippen LogP contribution < -0.4 is 5.32 Å². The summed E-state index contributed by atoms with van der Waals surface area (Å²) in [5.74, 6) is -1.44. The molecule has 3 nitrogen and oxygen atoms in total. The molecule has 0 aliphatic heterocycles. The summed E-state index contributed by atoms with van der Waals surface area (Å²) < 4.78 is 54.7. The zero-order chi connectivity index (χ0) is 22.1. The van der Waals surface area contributed by atoms with Gasteiger partial charge >= 0.3 is 6.18 Å². The highest BCUT2D eigenvalue weighted by molar-refractivity contribution is 6.34. The van der Waals surface area contributed by atoms with Gasteiger partial charge in [0, 0.05) is 11.6 Å². The minimum Gasteiger partial charge on any atom is -0.321 e. The lowest BCUT2D eigenvalue weighted by molar-refractivity contribution is -0.137. The molecule has 3 rings (SSSR count). The van der Waals surface area contributed by atoms with Crippen molar-refractivity contribution < 1.29 is 22.4 Å². The van der Waals surface area contributed by atoms with E-state index >= 15 is 0 Å². The lowest BCUT2D eigenvalue weighted by Gasteiger charge is -2.27. The first-order valence-corrected chi connectivity index (χ1v) is 10.0. The number of alkyl halides is 3. The van der Waals surface area contributed by atoms with Gasteiger partial charge in [0.15, 0.2) is 0 Å². The predicted octanol–water partition coefficient (Wildman–Crippen LogP) is 6.94. The summed E-state index contributed by atoms with van der Waals surface area (Å²) >= 11 is 5.89. The first-order chi connectivity index (χ1) is 14.1. The quantitative estimate of drug-likeness (QED) is 0.392. The molecule has 1 saturated carbocycles. The van der Waals surface area contributed by atoms with Crippen molar-refractivity contribution in [3.05, 3.63) is 63.9 Å². The van der Waals surface area contributed by atoms with E-state index in [0.29, 0.717) is 5.92 Å². The number of benzene rings is 2. The molecule has 2 aromatic rings. The van der Waals surface area contributed by atoms with E-state index in [-0.39, 0.29) is 27.9 Å². The fraction of sp³-hybridized carbons (Fsp3) is 0.364. The smallest absolute Gasteiger partial charge is 0.321 e. The molecule has 0 spiro atoms. The van der Waals surface area contributed by atoms with Crippen LogP contribution in [0, 0.1) is 23.1 Å². The second-order valence-electron chi connectivity index (χ2n) is 7.65. The molecule has 1 aliphatic carbocycles. The highest BCUT2D eigenvalue weighted by Crippen LogP contribution is 2.36. The average Bonchev–Trinajstić information content (AvgIpc) is 2.67. The van der Waals surface area contributed by atoms with E-state index in [4.69, 9.17) is 17.0 Å². The maximum Gasteiger partial charge on any atom is 0.417 e. The van der Waals surface area contributed by atoms with E-state index in [1.54, 1.807) is 0 Å². The number of nitrogens with one attached hydrogen (secondary N) is 2. The van der Waals surface area contributed by atoms with Gasteiger partial charge in [-0.2, -0.15) is 13.2 Å². The standard InChI is InChI=1S/C22H21ClF4N2O/c1-12-8-10-13(11-9-12)20(28)19-16(24)6-3-7-17(19)29-21(30)18-14(22(25,26)27)4-2-5-15(18)23/h2-7,12-13,28H,8-11H2,1H3,(H,29,30). The molecular formula is C22H21ClF4N2O. The second-order valence-corrected chi connectivity index (χ2v) is 8.05. The average molecular weight is 441 g/mol. The molecule has 1 fully saturated rings. The number of anilines is 1. The van der Waals surface area contributed by atoms with Gasteiger partial charge in [0.05, 0.1) is 27.4 Å². The van der Waals surface area contributed by atoms with Gasteiger partial charge in [-0.3, -0.25) is 4.79 Å². The summed E-state index contributed by atoms with van der Waals surface area (Å²) in [6.45, 7) is 2.12. The van der Waals surface area contributed by atoms with Crippen LogP contribution >= 0.6 is 11.6 Å². The fourth-order valence-corrected chi connectivity index (χ4v) is 4.09. The Kier molecular flexibility index (Phi) is 6.50. The van der Waals surface area contributed by atoms with Crippen molar-refractivity contribution in [2.45, 2.75) is 38.8 Å². The molecule has 0 heterocycles. The summed E-state index contributed by atoms with van der Waals surface area (Å²) in [5.41, 5.74) is -2.00. The van der Waals surface area contributed by atoms with E-state index in [1.165, 1.54) is 24.3 Å². The van der Waals surface area contributed by atoms with Crippen LogP contribution in [0.1, 0.15) is 54.1 Å². The Labute approximate surface area is 176 Å². The molecule has 1 amide bonds. The monoisotopic (exact) mass is 440 g/mol. The molecule has 160 valence electrons. The van der Waals surface area contributed by atoms with Gasteiger partial charge in [-0.1, -0.05) is 43.5 Å². The van der Waals surface area contributed by atoms with Crippen LogP contribution in [0.4, 0.5) is 23.2 Å². The number of carbonyl (C=O) groups is 1. The third-order valence-corrected chi connectivity index (χ3v) is 5.82. The Morgan fingerprint density at radius 2 is 1.70 bits per heavy atom. The maximum atomic E-state index is 14.6. The number of hydrogen-bond acceptors (Lipinski definition) is 2. The van der Waals surface area contributed by atoms with Crippen molar-refractivity contribution in [2.24, 2.45) is 11.8 Å². The fourth-order valence-electron chi connectivity index (χ4n) is 3.83. The summed E-state index contributed by atoms with van der Waals surface area (Å²) in [4.78, 5) is 12.7. The van der Waals surface area contributed by atoms with E-state index in [2.05, 4.69) is 12.2 Å². The molecule has 2 N–H and O–H groups in total. The Balaban J connectivity index is 1.95. The Bertz CT molecular complexity index is 966. The van der Waals surface area contributed by atoms with E-state index in [0.717, 1.165) is 37.8 Å². The van der Waals surface area contributed by atoms with Crippen LogP contribution in [-0.2, 0) is 6.18 Å². The molecular weight excluding hydrogens is 420 g/mol. The molecule has 30 heavy (non-hydrogen) atoms. The van der Waals surface area contributed by atoms with Crippen molar-refractivity contribution in [3.63, 3.8) is 0 Å². The normalized spacial score (nSPS) is 19.4. The van der Waals surface area contributed by atoms with Crippen LogP contribution in [-0.4, -0.2) is 11.6 Å². The number of hydrogen-bond donors (Lipinski definition) is 2. The van der Waals surface area contributed by atoms with E-state index in [1.807, 2.05) is 0 Å². The lowest BCUT2D eigenvalue weighted by Crippen LogP contribution is -2.25. The van der Waals surface area contributed by atoms with Crippen molar-refractivity contribution in [2.75, 3.05) is 5.32 Å². The Hall–Kier alpha value is -2.41. The summed E-state index contributed by atoms with van der Waals surface area (Å²) in [7, 11) is 0. The largest absolute Gasteiger partial charge is 0.417 e. The van der Waals surface area contributed by atoms with Crippen molar-refractivity contribution >= 4 is 28.9 Å². The molecule has 0 aromatic heterocycles. The topological polar surface area (TPSA) is 53.0 Å². The highest BCUT2D eigenvalue weighted by atomic mass is 35.5. The minimum atomic E-state index is -4.78. The number of carbonyl (C=O) groups excluding carboxylic acids is 1. The van der Waals surface area contributed by atoms with Crippen LogP contribution in [0.3, 0.4) is 0 Å². The number of halogens is 5. The van der Waals surface area contributed by atoms with Gasteiger partial charge in [-0.25, -0.2) is 4.39 Å². The zero-order valence-electron chi connectivity index (χ0n) is 16.2. The summed E-state index contributed by atoms with van der Waals surface area (Å²) in [6.07, 6.45) is -1.50. The van der Waals surface area contributed by atoms with Crippen LogP contribution in [0.15, 0.2) is 36.4 Å². The first kappa shape index (κ1) is 22.3. The van der Waals surface area contributed by atoms with E-state index < -0.39 is 29.0 Å². The number of rotatable bonds is 4. The van der Waals surface area contributed by atoms with Gasteiger partial charge in [0.25, 0.3) is 5.91 Å². The van der Waals surface area contributed by atoms with Crippen LogP contribution in [0.5, 0.6) is 0 Å². The second kappa shape index (κ2) is 8.76. The van der Waals surface area contributed by atoms with E-state index in [9.17, 15) is 22.4 Å². The lowest BCUT2D eigenvalue weighted by atomic mass is 9.78. The molecule has 0 unspecified atom stereocenters. The predicted molar refractivity (Wildman–Crippen MR) is 109 cm³/mol. The highest BCUT2D eigenvalue weighted by Gasteiger charge is 2.36. The molecule has 0 radical (unpaired) electrons. The van der Waals surface area contributed by atoms with Crippen molar-refractivity contribution in [1.82, 2.24) is 0 Å². The van der Waals surface area contributed by atoms with Gasteiger partial charge in [0.1, 0.15) is 5.82 Å². The van der Waals surface area contributed by atoms with Gasteiger partial charge in [-0.05, 0) is 43.0 Å². The molecule has 0 saturated heterocycles. The van der Waals surface area contributed by atoms with Gasteiger partial charge in [0.2, 0.25) is 0 Å².